The number of carbonyl (C=O) groups excluding carboxylic acids is 2. The molecule has 1 fully saturated rings. The SMILES string of the molecule is CCOc1ccc(CCC[C@@H](C(=O)N2CCCC2)[C@H](O)C(=O)NO)cc1. The van der Waals surface area contributed by atoms with Crippen LogP contribution in [-0.4, -0.2) is 52.8 Å². The van der Waals surface area contributed by atoms with E-state index >= 15 is 0 Å². The predicted molar refractivity (Wildman–Crippen MR) is 95.8 cm³/mol. The highest BCUT2D eigenvalue weighted by Gasteiger charge is 2.35. The highest BCUT2D eigenvalue weighted by molar-refractivity contribution is 5.88. The largest absolute Gasteiger partial charge is 0.494 e. The lowest BCUT2D eigenvalue weighted by atomic mass is 9.92. The second kappa shape index (κ2) is 10.1. The number of benzene rings is 1. The molecule has 0 saturated carbocycles. The van der Waals surface area contributed by atoms with Gasteiger partial charge in [0, 0.05) is 13.1 Å². The van der Waals surface area contributed by atoms with Gasteiger partial charge < -0.3 is 14.7 Å². The minimum Gasteiger partial charge on any atom is -0.494 e. The van der Waals surface area contributed by atoms with Crippen molar-refractivity contribution in [3.05, 3.63) is 29.8 Å². The number of likely N-dealkylation sites (tertiary alicyclic amines) is 1. The van der Waals surface area contributed by atoms with Crippen LogP contribution in [0.15, 0.2) is 24.3 Å². The van der Waals surface area contributed by atoms with Crippen LogP contribution in [0.5, 0.6) is 5.75 Å². The molecule has 0 spiro atoms. The van der Waals surface area contributed by atoms with Crippen LogP contribution in [0.2, 0.25) is 0 Å². The molecule has 1 aliphatic heterocycles. The van der Waals surface area contributed by atoms with E-state index in [1.807, 2.05) is 31.2 Å². The van der Waals surface area contributed by atoms with Crippen molar-refractivity contribution < 1.29 is 24.6 Å². The minimum absolute atomic E-state index is 0.217. The lowest BCUT2D eigenvalue weighted by Crippen LogP contribution is -2.46. The van der Waals surface area contributed by atoms with Gasteiger partial charge in [-0.1, -0.05) is 12.1 Å². The molecule has 1 saturated heterocycles. The number of aliphatic hydroxyl groups excluding tert-OH is 1. The van der Waals surface area contributed by atoms with Crippen LogP contribution in [0.25, 0.3) is 0 Å². The first-order valence-corrected chi connectivity index (χ1v) is 9.19. The fourth-order valence-corrected chi connectivity index (χ4v) is 3.28. The Kier molecular flexibility index (Phi) is 7.87. The zero-order valence-corrected chi connectivity index (χ0v) is 15.2. The number of hydroxylamine groups is 1. The summed E-state index contributed by atoms with van der Waals surface area (Å²) in [5, 5.41) is 18.9. The monoisotopic (exact) mass is 364 g/mol. The molecule has 3 N–H and O–H groups in total. The van der Waals surface area contributed by atoms with Crippen LogP contribution < -0.4 is 10.2 Å². The third-order valence-electron chi connectivity index (χ3n) is 4.71. The molecule has 7 nitrogen and oxygen atoms in total. The summed E-state index contributed by atoms with van der Waals surface area (Å²) in [4.78, 5) is 26.0. The normalized spacial score (nSPS) is 16.2. The molecule has 1 heterocycles. The summed E-state index contributed by atoms with van der Waals surface area (Å²) in [6.07, 6.45) is 2.07. The van der Waals surface area contributed by atoms with Gasteiger partial charge in [-0.15, -0.1) is 0 Å². The maximum absolute atomic E-state index is 12.7. The molecule has 2 amide bonds. The highest BCUT2D eigenvalue weighted by atomic mass is 16.5. The van der Waals surface area contributed by atoms with E-state index in [2.05, 4.69) is 0 Å². The molecule has 7 heteroatoms. The van der Waals surface area contributed by atoms with Gasteiger partial charge >= 0.3 is 0 Å². The second-order valence-corrected chi connectivity index (χ2v) is 6.53. The molecular weight excluding hydrogens is 336 g/mol. The van der Waals surface area contributed by atoms with Crippen LogP contribution in [0.1, 0.15) is 38.2 Å². The smallest absolute Gasteiger partial charge is 0.272 e. The zero-order chi connectivity index (χ0) is 18.9. The maximum atomic E-state index is 12.7. The summed E-state index contributed by atoms with van der Waals surface area (Å²) in [7, 11) is 0. The van der Waals surface area contributed by atoms with E-state index in [9.17, 15) is 14.7 Å². The first-order valence-electron chi connectivity index (χ1n) is 9.19. The summed E-state index contributed by atoms with van der Waals surface area (Å²) in [5.41, 5.74) is 2.54. The van der Waals surface area contributed by atoms with Gasteiger partial charge in [0.25, 0.3) is 5.91 Å². The first-order chi connectivity index (χ1) is 12.6. The van der Waals surface area contributed by atoms with Crippen LogP contribution in [0.3, 0.4) is 0 Å². The van der Waals surface area contributed by atoms with E-state index in [1.165, 1.54) is 5.48 Å². The zero-order valence-electron chi connectivity index (χ0n) is 15.2. The van der Waals surface area contributed by atoms with Crippen molar-refractivity contribution in [2.75, 3.05) is 19.7 Å². The van der Waals surface area contributed by atoms with Crippen molar-refractivity contribution in [1.82, 2.24) is 10.4 Å². The van der Waals surface area contributed by atoms with Crippen LogP contribution in [0.4, 0.5) is 0 Å². The Hall–Kier alpha value is -2.12. The standard InChI is InChI=1S/C19H28N2O5/c1-2-26-15-10-8-14(9-11-15)6-5-7-16(17(22)18(23)20-25)19(24)21-12-3-4-13-21/h8-11,16-17,22,25H,2-7,12-13H2,1H3,(H,20,23)/t16-,17+/m1/s1. The number of carbonyl (C=O) groups is 2. The Balaban J connectivity index is 1.94. The Labute approximate surface area is 153 Å². The molecule has 0 radical (unpaired) electrons. The maximum Gasteiger partial charge on any atom is 0.272 e. The van der Waals surface area contributed by atoms with Gasteiger partial charge in [-0.2, -0.15) is 0 Å². The average Bonchev–Trinajstić information content (AvgIpc) is 3.20. The Morgan fingerprint density at radius 1 is 1.23 bits per heavy atom. The van der Waals surface area contributed by atoms with Gasteiger partial charge in [0.1, 0.15) is 11.9 Å². The summed E-state index contributed by atoms with van der Waals surface area (Å²) >= 11 is 0. The number of aryl methyl sites for hydroxylation is 1. The third-order valence-corrected chi connectivity index (χ3v) is 4.71. The van der Waals surface area contributed by atoms with Gasteiger partial charge in [-0.25, -0.2) is 5.48 Å². The van der Waals surface area contributed by atoms with E-state index in [0.717, 1.165) is 30.6 Å². The summed E-state index contributed by atoms with van der Waals surface area (Å²) < 4.78 is 5.41. The van der Waals surface area contributed by atoms with Gasteiger partial charge in [-0.3, -0.25) is 14.8 Å². The number of nitrogens with one attached hydrogen (secondary N) is 1. The van der Waals surface area contributed by atoms with E-state index in [-0.39, 0.29) is 5.91 Å². The van der Waals surface area contributed by atoms with Crippen LogP contribution >= 0.6 is 0 Å². The molecular formula is C19H28N2O5. The Bertz CT molecular complexity index is 584. The lowest BCUT2D eigenvalue weighted by molar-refractivity contribution is -0.150. The van der Waals surface area contributed by atoms with Crippen molar-refractivity contribution >= 4 is 11.8 Å². The number of nitrogens with zero attached hydrogens (tertiary/aromatic N) is 1. The van der Waals surface area contributed by atoms with E-state index in [0.29, 0.717) is 32.5 Å². The molecule has 1 aromatic rings. The van der Waals surface area contributed by atoms with E-state index in [1.54, 1.807) is 4.90 Å². The van der Waals surface area contributed by atoms with Crippen molar-refractivity contribution in [1.29, 1.82) is 0 Å². The Morgan fingerprint density at radius 2 is 1.88 bits per heavy atom. The molecule has 2 atom stereocenters. The summed E-state index contributed by atoms with van der Waals surface area (Å²) in [6, 6.07) is 7.75. The minimum atomic E-state index is -1.55. The lowest BCUT2D eigenvalue weighted by Gasteiger charge is -2.26. The van der Waals surface area contributed by atoms with Crippen LogP contribution in [0, 0.1) is 5.92 Å². The van der Waals surface area contributed by atoms with Gasteiger partial charge in [0.15, 0.2) is 0 Å². The topological polar surface area (TPSA) is 99.1 Å². The predicted octanol–water partition coefficient (Wildman–Crippen LogP) is 1.51. The quantitative estimate of drug-likeness (QED) is 0.456. The molecule has 26 heavy (non-hydrogen) atoms. The number of aliphatic hydroxyl groups is 1. The van der Waals surface area contributed by atoms with Gasteiger partial charge in [0.05, 0.1) is 12.5 Å². The number of rotatable bonds is 9. The summed E-state index contributed by atoms with van der Waals surface area (Å²) in [6.45, 7) is 3.85. The van der Waals surface area contributed by atoms with Crippen molar-refractivity contribution in [3.8, 4) is 5.75 Å². The van der Waals surface area contributed by atoms with E-state index < -0.39 is 17.9 Å². The molecule has 0 bridgehead atoms. The number of hydrogen-bond acceptors (Lipinski definition) is 5. The average molecular weight is 364 g/mol. The molecule has 0 aliphatic carbocycles. The first kappa shape index (κ1) is 20.2. The highest BCUT2D eigenvalue weighted by Crippen LogP contribution is 2.21. The van der Waals surface area contributed by atoms with Gasteiger partial charge in [0.2, 0.25) is 5.91 Å². The number of ether oxygens (including phenoxy) is 1. The molecule has 0 unspecified atom stereocenters. The Morgan fingerprint density at radius 3 is 2.46 bits per heavy atom. The summed E-state index contributed by atoms with van der Waals surface area (Å²) in [5.74, 6) is -1.19. The number of amides is 2. The van der Waals surface area contributed by atoms with Crippen molar-refractivity contribution in [2.45, 2.75) is 45.1 Å². The van der Waals surface area contributed by atoms with Crippen LogP contribution in [-0.2, 0) is 16.0 Å². The second-order valence-electron chi connectivity index (χ2n) is 6.53. The van der Waals surface area contributed by atoms with Crippen molar-refractivity contribution in [2.24, 2.45) is 5.92 Å². The van der Waals surface area contributed by atoms with Crippen molar-refractivity contribution in [3.63, 3.8) is 0 Å². The molecule has 144 valence electrons. The third kappa shape index (κ3) is 5.44. The van der Waals surface area contributed by atoms with E-state index in [4.69, 9.17) is 9.94 Å². The number of hydrogen-bond donors (Lipinski definition) is 3. The molecule has 2 rings (SSSR count). The molecule has 1 aromatic carbocycles. The van der Waals surface area contributed by atoms with Gasteiger partial charge in [-0.05, 0) is 56.7 Å². The fraction of sp³-hybridized carbons (Fsp3) is 0.579. The molecule has 1 aliphatic rings. The molecule has 0 aromatic heterocycles. The fourth-order valence-electron chi connectivity index (χ4n) is 3.28.